The summed E-state index contributed by atoms with van der Waals surface area (Å²) in [6.07, 6.45) is 0. The zero-order valence-corrected chi connectivity index (χ0v) is 13.3. The SMILES string of the molecule is Fc1cc2[nH]c(=S)n(Cc3ccccc3Br)c2cc1Cl. The van der Waals surface area contributed by atoms with Gasteiger partial charge >= 0.3 is 0 Å². The largest absolute Gasteiger partial charge is 0.330 e. The molecule has 20 heavy (non-hydrogen) atoms. The topological polar surface area (TPSA) is 20.7 Å². The van der Waals surface area contributed by atoms with Crippen molar-refractivity contribution in [2.45, 2.75) is 6.54 Å². The summed E-state index contributed by atoms with van der Waals surface area (Å²) < 4.78 is 16.9. The Bertz CT molecular complexity index is 856. The van der Waals surface area contributed by atoms with Gasteiger partial charge in [0.15, 0.2) is 4.77 Å². The van der Waals surface area contributed by atoms with Crippen molar-refractivity contribution in [1.82, 2.24) is 9.55 Å². The van der Waals surface area contributed by atoms with E-state index in [-0.39, 0.29) is 5.02 Å². The van der Waals surface area contributed by atoms with Gasteiger partial charge in [-0.05, 0) is 29.9 Å². The number of nitrogens with one attached hydrogen (secondary N) is 1. The van der Waals surface area contributed by atoms with Gasteiger partial charge in [-0.25, -0.2) is 4.39 Å². The Morgan fingerprint density at radius 2 is 2.05 bits per heavy atom. The summed E-state index contributed by atoms with van der Waals surface area (Å²) in [5.74, 6) is -0.455. The number of imidazole rings is 1. The number of hydrogen-bond acceptors (Lipinski definition) is 1. The molecule has 1 N–H and O–H groups in total. The molecule has 0 unspecified atom stereocenters. The van der Waals surface area contributed by atoms with Crippen LogP contribution in [0.2, 0.25) is 5.02 Å². The predicted molar refractivity (Wildman–Crippen MR) is 85.3 cm³/mol. The molecular weight excluding hydrogens is 363 g/mol. The Morgan fingerprint density at radius 3 is 2.80 bits per heavy atom. The number of rotatable bonds is 2. The highest BCUT2D eigenvalue weighted by Gasteiger charge is 2.10. The van der Waals surface area contributed by atoms with Gasteiger partial charge in [0.1, 0.15) is 5.82 Å². The molecule has 6 heteroatoms. The van der Waals surface area contributed by atoms with E-state index in [9.17, 15) is 4.39 Å². The molecule has 0 aliphatic rings. The van der Waals surface area contributed by atoms with Gasteiger partial charge in [-0.1, -0.05) is 45.7 Å². The fraction of sp³-hybridized carbons (Fsp3) is 0.0714. The monoisotopic (exact) mass is 370 g/mol. The van der Waals surface area contributed by atoms with E-state index in [1.807, 2.05) is 28.8 Å². The zero-order chi connectivity index (χ0) is 14.3. The second-order valence-electron chi connectivity index (χ2n) is 4.39. The Hall–Kier alpha value is -1.17. The van der Waals surface area contributed by atoms with Crippen LogP contribution in [0.1, 0.15) is 5.56 Å². The van der Waals surface area contributed by atoms with Crippen molar-refractivity contribution in [2.75, 3.05) is 0 Å². The zero-order valence-electron chi connectivity index (χ0n) is 10.2. The molecule has 0 saturated carbocycles. The minimum Gasteiger partial charge on any atom is -0.330 e. The molecule has 3 rings (SSSR count). The molecule has 1 heterocycles. The van der Waals surface area contributed by atoms with E-state index < -0.39 is 5.82 Å². The van der Waals surface area contributed by atoms with Crippen LogP contribution in [0, 0.1) is 10.6 Å². The highest BCUT2D eigenvalue weighted by molar-refractivity contribution is 9.10. The quantitative estimate of drug-likeness (QED) is 0.606. The molecular formula is C14H9BrClFN2S. The van der Waals surface area contributed by atoms with Gasteiger partial charge in [0, 0.05) is 10.5 Å². The Balaban J connectivity index is 2.17. The molecule has 0 bridgehead atoms. The first-order chi connectivity index (χ1) is 9.56. The molecule has 2 nitrogen and oxygen atoms in total. The number of aromatic amines is 1. The predicted octanol–water partition coefficient (Wildman–Crippen LogP) is 5.30. The van der Waals surface area contributed by atoms with Crippen molar-refractivity contribution in [3.05, 3.63) is 62.0 Å². The Kier molecular flexibility index (Phi) is 3.67. The van der Waals surface area contributed by atoms with Crippen LogP contribution >= 0.6 is 39.7 Å². The maximum Gasteiger partial charge on any atom is 0.178 e. The second-order valence-corrected chi connectivity index (χ2v) is 6.04. The molecule has 1 aromatic heterocycles. The van der Waals surface area contributed by atoms with Gasteiger partial charge in [-0.2, -0.15) is 0 Å². The van der Waals surface area contributed by atoms with Crippen LogP contribution in [-0.2, 0) is 6.54 Å². The van der Waals surface area contributed by atoms with Crippen molar-refractivity contribution in [3.8, 4) is 0 Å². The van der Waals surface area contributed by atoms with E-state index >= 15 is 0 Å². The number of nitrogens with zero attached hydrogens (tertiary/aromatic N) is 1. The van der Waals surface area contributed by atoms with E-state index in [4.69, 9.17) is 23.8 Å². The molecule has 0 fully saturated rings. The Labute approximate surface area is 133 Å². The minimum atomic E-state index is -0.455. The molecule has 0 saturated heterocycles. The van der Waals surface area contributed by atoms with Crippen LogP contribution in [0.5, 0.6) is 0 Å². The summed E-state index contributed by atoms with van der Waals surface area (Å²) in [6, 6.07) is 10.9. The summed E-state index contributed by atoms with van der Waals surface area (Å²) >= 11 is 14.7. The number of aromatic nitrogens is 2. The molecule has 0 aliphatic heterocycles. The standard InChI is InChI=1S/C14H9BrClFN2S/c15-9-4-2-1-3-8(9)7-19-13-5-10(16)11(17)6-12(13)18-14(19)20/h1-6H,7H2,(H,18,20). The molecule has 0 atom stereocenters. The van der Waals surface area contributed by atoms with Crippen molar-refractivity contribution in [1.29, 1.82) is 0 Å². The number of H-pyrrole nitrogens is 1. The van der Waals surface area contributed by atoms with E-state index in [2.05, 4.69) is 20.9 Å². The lowest BCUT2D eigenvalue weighted by molar-refractivity contribution is 0.629. The third-order valence-electron chi connectivity index (χ3n) is 3.10. The van der Waals surface area contributed by atoms with Crippen molar-refractivity contribution >= 4 is 50.8 Å². The number of hydrogen-bond donors (Lipinski definition) is 1. The normalized spacial score (nSPS) is 11.2. The molecule has 0 aliphatic carbocycles. The number of fused-ring (bicyclic) bond motifs is 1. The maximum atomic E-state index is 13.5. The smallest absolute Gasteiger partial charge is 0.178 e. The van der Waals surface area contributed by atoms with Crippen LogP contribution < -0.4 is 0 Å². The van der Waals surface area contributed by atoms with E-state index in [0.717, 1.165) is 15.6 Å². The summed E-state index contributed by atoms with van der Waals surface area (Å²) in [5.41, 5.74) is 2.52. The lowest BCUT2D eigenvalue weighted by Crippen LogP contribution is -2.00. The lowest BCUT2D eigenvalue weighted by Gasteiger charge is -2.07. The summed E-state index contributed by atoms with van der Waals surface area (Å²) in [4.78, 5) is 3.00. The van der Waals surface area contributed by atoms with Gasteiger partial charge < -0.3 is 9.55 Å². The molecule has 0 spiro atoms. The molecule has 102 valence electrons. The second kappa shape index (κ2) is 5.31. The highest BCUT2D eigenvalue weighted by Crippen LogP contribution is 2.25. The minimum absolute atomic E-state index is 0.0902. The van der Waals surface area contributed by atoms with Crippen LogP contribution in [0.15, 0.2) is 40.9 Å². The average molecular weight is 372 g/mol. The number of halogens is 3. The fourth-order valence-electron chi connectivity index (χ4n) is 2.11. The first-order valence-corrected chi connectivity index (χ1v) is 7.45. The van der Waals surface area contributed by atoms with Gasteiger partial charge in [0.25, 0.3) is 0 Å². The average Bonchev–Trinajstić information content (AvgIpc) is 2.69. The third kappa shape index (κ3) is 2.41. The van der Waals surface area contributed by atoms with Gasteiger partial charge in [0.05, 0.1) is 22.6 Å². The van der Waals surface area contributed by atoms with Gasteiger partial charge in [-0.15, -0.1) is 0 Å². The van der Waals surface area contributed by atoms with Gasteiger partial charge in [-0.3, -0.25) is 0 Å². The van der Waals surface area contributed by atoms with Gasteiger partial charge in [0.2, 0.25) is 0 Å². The molecule has 0 amide bonds. The summed E-state index contributed by atoms with van der Waals surface area (Å²) in [6.45, 7) is 0.586. The summed E-state index contributed by atoms with van der Waals surface area (Å²) in [7, 11) is 0. The van der Waals surface area contributed by atoms with Crippen molar-refractivity contribution in [2.24, 2.45) is 0 Å². The first kappa shape index (κ1) is 13.8. The van der Waals surface area contributed by atoms with E-state index in [1.54, 1.807) is 6.07 Å². The van der Waals surface area contributed by atoms with E-state index in [1.165, 1.54) is 6.07 Å². The first-order valence-electron chi connectivity index (χ1n) is 5.87. The van der Waals surface area contributed by atoms with Crippen molar-refractivity contribution < 1.29 is 4.39 Å². The third-order valence-corrected chi connectivity index (χ3v) is 4.49. The highest BCUT2D eigenvalue weighted by atomic mass is 79.9. The molecule has 3 aromatic rings. The Morgan fingerprint density at radius 1 is 1.30 bits per heavy atom. The lowest BCUT2D eigenvalue weighted by atomic mass is 10.2. The van der Waals surface area contributed by atoms with E-state index in [0.29, 0.717) is 16.8 Å². The summed E-state index contributed by atoms with van der Waals surface area (Å²) in [5, 5.41) is 0.0902. The molecule has 2 aromatic carbocycles. The van der Waals surface area contributed by atoms with Crippen molar-refractivity contribution in [3.63, 3.8) is 0 Å². The van der Waals surface area contributed by atoms with Crippen LogP contribution in [0.25, 0.3) is 11.0 Å². The maximum absolute atomic E-state index is 13.5. The van der Waals surface area contributed by atoms with Crippen LogP contribution in [-0.4, -0.2) is 9.55 Å². The molecule has 0 radical (unpaired) electrons. The fourth-order valence-corrected chi connectivity index (χ4v) is 2.95. The van der Waals surface area contributed by atoms with Crippen LogP contribution in [0.4, 0.5) is 4.39 Å². The number of benzene rings is 2. The van der Waals surface area contributed by atoms with Crippen LogP contribution in [0.3, 0.4) is 0 Å².